The maximum Gasteiger partial charge on any atom is 0.317 e. The summed E-state index contributed by atoms with van der Waals surface area (Å²) in [7, 11) is 0. The zero-order chi connectivity index (χ0) is 8.27. The van der Waals surface area contributed by atoms with Crippen LogP contribution in [0, 0.1) is 0 Å². The van der Waals surface area contributed by atoms with Gasteiger partial charge in [-0.25, -0.2) is 0 Å². The summed E-state index contributed by atoms with van der Waals surface area (Å²) in [6, 6.07) is -0.230. The van der Waals surface area contributed by atoms with E-state index >= 15 is 0 Å². The molecule has 3 N–H and O–H groups in total. The molecule has 0 aliphatic carbocycles. The highest BCUT2D eigenvalue weighted by Gasteiger charge is 2.25. The summed E-state index contributed by atoms with van der Waals surface area (Å²) in [6.07, 6.45) is -0.575. The summed E-state index contributed by atoms with van der Waals surface area (Å²) in [5.74, 6) is -0.927. The smallest absolute Gasteiger partial charge is 0.317 e. The Morgan fingerprint density at radius 3 is 2.67 bits per heavy atom. The van der Waals surface area contributed by atoms with E-state index in [0.29, 0.717) is 6.61 Å². The molecular weight excluding hydrogens is 186 g/mol. The lowest BCUT2D eigenvalue weighted by atomic mass is 10.2. The molecule has 2 atom stereocenters. The summed E-state index contributed by atoms with van der Waals surface area (Å²) in [4.78, 5) is 10.1. The Balaban J connectivity index is 0.00000121. The Morgan fingerprint density at radius 1 is 1.58 bits per heavy atom. The van der Waals surface area contributed by atoms with Crippen LogP contribution in [0.4, 0.5) is 0 Å². The van der Waals surface area contributed by atoms with Crippen LogP contribution in [-0.4, -0.2) is 48.1 Å². The summed E-state index contributed by atoms with van der Waals surface area (Å²) in [6.45, 7) is 0.539. The number of halogens is 1. The molecule has 1 aliphatic heterocycles. The van der Waals surface area contributed by atoms with Crippen LogP contribution in [0.1, 0.15) is 0 Å². The second kappa shape index (κ2) is 5.31. The molecule has 0 radical (unpaired) electrons. The van der Waals surface area contributed by atoms with Gasteiger partial charge in [0, 0.05) is 0 Å². The van der Waals surface area contributed by atoms with Crippen molar-refractivity contribution >= 4 is 18.4 Å². The minimum absolute atomic E-state index is 0. The van der Waals surface area contributed by atoms with Crippen molar-refractivity contribution in [2.24, 2.45) is 0 Å². The largest absolute Gasteiger partial charge is 0.480 e. The number of hydrogen-bond donors (Lipinski definition) is 3. The third-order valence-electron chi connectivity index (χ3n) is 1.57. The van der Waals surface area contributed by atoms with Gasteiger partial charge in [0.1, 0.15) is 0 Å². The molecule has 0 aromatic heterocycles. The Kier molecular flexibility index (Phi) is 5.16. The molecule has 0 unspecified atom stereocenters. The Hall–Kier alpha value is -0.360. The van der Waals surface area contributed by atoms with Crippen molar-refractivity contribution in [1.29, 1.82) is 0 Å². The molecule has 1 aliphatic rings. The first kappa shape index (κ1) is 11.6. The minimum atomic E-state index is -0.927. The van der Waals surface area contributed by atoms with Gasteiger partial charge in [0.2, 0.25) is 0 Å². The molecule has 5 nitrogen and oxygen atoms in total. The average Bonchev–Trinajstić information content (AvgIpc) is 2.31. The van der Waals surface area contributed by atoms with Crippen LogP contribution < -0.4 is 5.32 Å². The van der Waals surface area contributed by atoms with Crippen LogP contribution >= 0.6 is 12.4 Å². The van der Waals surface area contributed by atoms with Gasteiger partial charge in [-0.15, -0.1) is 12.4 Å². The molecule has 1 rings (SSSR count). The molecule has 0 aromatic carbocycles. The number of nitrogens with one attached hydrogen (secondary N) is 1. The summed E-state index contributed by atoms with van der Waals surface area (Å²) < 4.78 is 4.90. The fraction of sp³-hybridized carbons (Fsp3) is 0.833. The number of aliphatic hydroxyl groups is 1. The normalized spacial score (nSPS) is 28.1. The molecule has 0 saturated carbocycles. The van der Waals surface area contributed by atoms with Gasteiger partial charge in [0.05, 0.1) is 31.9 Å². The van der Waals surface area contributed by atoms with E-state index in [9.17, 15) is 4.79 Å². The molecule has 12 heavy (non-hydrogen) atoms. The van der Waals surface area contributed by atoms with Crippen molar-refractivity contribution < 1.29 is 19.7 Å². The lowest BCUT2D eigenvalue weighted by Crippen LogP contribution is -2.41. The standard InChI is InChI=1S/C6H11NO4.ClH/c8-5-3-11-2-4(5)7-1-6(9)10;/h4-5,7-8H,1-3H2,(H,9,10);1H/t4-,5-;/m1./s1. The van der Waals surface area contributed by atoms with Gasteiger partial charge in [-0.2, -0.15) is 0 Å². The molecule has 0 amide bonds. The molecule has 1 fully saturated rings. The second-order valence-electron chi connectivity index (χ2n) is 2.49. The predicted molar refractivity (Wildman–Crippen MR) is 43.5 cm³/mol. The van der Waals surface area contributed by atoms with Crippen molar-refractivity contribution in [2.75, 3.05) is 19.8 Å². The van der Waals surface area contributed by atoms with Gasteiger partial charge >= 0.3 is 5.97 Å². The van der Waals surface area contributed by atoms with Crippen LogP contribution in [0.15, 0.2) is 0 Å². The second-order valence-corrected chi connectivity index (χ2v) is 2.49. The highest BCUT2D eigenvalue weighted by molar-refractivity contribution is 5.85. The van der Waals surface area contributed by atoms with Gasteiger partial charge in [0.15, 0.2) is 0 Å². The van der Waals surface area contributed by atoms with E-state index in [1.807, 2.05) is 0 Å². The fourth-order valence-corrected chi connectivity index (χ4v) is 0.956. The Morgan fingerprint density at radius 2 is 2.25 bits per heavy atom. The molecule has 6 heteroatoms. The highest BCUT2D eigenvalue weighted by atomic mass is 35.5. The molecule has 1 saturated heterocycles. The lowest BCUT2D eigenvalue weighted by Gasteiger charge is -2.11. The Labute approximate surface area is 76.1 Å². The summed E-state index contributed by atoms with van der Waals surface area (Å²) in [5.41, 5.74) is 0. The number of carboxylic acids is 1. The van der Waals surface area contributed by atoms with Crippen LogP contribution in [-0.2, 0) is 9.53 Å². The maximum absolute atomic E-state index is 10.1. The monoisotopic (exact) mass is 197 g/mol. The van der Waals surface area contributed by atoms with Crippen molar-refractivity contribution in [3.05, 3.63) is 0 Å². The van der Waals surface area contributed by atoms with E-state index in [1.54, 1.807) is 0 Å². The van der Waals surface area contributed by atoms with Gasteiger partial charge in [-0.05, 0) is 0 Å². The van der Waals surface area contributed by atoms with Gasteiger partial charge < -0.3 is 14.9 Å². The third kappa shape index (κ3) is 3.36. The van der Waals surface area contributed by atoms with Gasteiger partial charge in [-0.1, -0.05) is 0 Å². The minimum Gasteiger partial charge on any atom is -0.480 e. The SMILES string of the molecule is Cl.O=C(O)CN[C@@H]1COC[C@H]1O. The number of rotatable bonds is 3. The first-order valence-electron chi connectivity index (χ1n) is 3.41. The van der Waals surface area contributed by atoms with E-state index in [1.165, 1.54) is 0 Å². The number of carbonyl (C=O) groups is 1. The summed E-state index contributed by atoms with van der Waals surface area (Å²) in [5, 5.41) is 20.1. The maximum atomic E-state index is 10.1. The average molecular weight is 198 g/mol. The third-order valence-corrected chi connectivity index (χ3v) is 1.57. The summed E-state index contributed by atoms with van der Waals surface area (Å²) >= 11 is 0. The number of ether oxygens (including phenoxy) is 1. The van der Waals surface area contributed by atoms with Crippen molar-refractivity contribution in [3.8, 4) is 0 Å². The molecule has 0 aromatic rings. The lowest BCUT2D eigenvalue weighted by molar-refractivity contribution is -0.136. The Bertz CT molecular complexity index is 154. The van der Waals surface area contributed by atoms with E-state index in [2.05, 4.69) is 5.32 Å². The van der Waals surface area contributed by atoms with Gasteiger partial charge in [0.25, 0.3) is 0 Å². The quantitative estimate of drug-likeness (QED) is 0.532. The number of carboxylic acid groups (broad SMARTS) is 1. The first-order chi connectivity index (χ1) is 5.20. The molecule has 0 spiro atoms. The van der Waals surface area contributed by atoms with Crippen molar-refractivity contribution in [3.63, 3.8) is 0 Å². The van der Waals surface area contributed by atoms with Crippen molar-refractivity contribution in [1.82, 2.24) is 5.32 Å². The number of aliphatic carboxylic acids is 1. The zero-order valence-corrected chi connectivity index (χ0v) is 7.21. The highest BCUT2D eigenvalue weighted by Crippen LogP contribution is 2.03. The molecule has 1 heterocycles. The van der Waals surface area contributed by atoms with Crippen LogP contribution in [0.3, 0.4) is 0 Å². The zero-order valence-electron chi connectivity index (χ0n) is 6.40. The fourth-order valence-electron chi connectivity index (χ4n) is 0.956. The van der Waals surface area contributed by atoms with Crippen molar-refractivity contribution in [2.45, 2.75) is 12.1 Å². The van der Waals surface area contributed by atoms with E-state index in [-0.39, 0.29) is 31.6 Å². The number of aliphatic hydroxyl groups excluding tert-OH is 1. The van der Waals surface area contributed by atoms with Crippen LogP contribution in [0.2, 0.25) is 0 Å². The molecular formula is C6H12ClNO4. The van der Waals surface area contributed by atoms with E-state index in [0.717, 1.165) is 0 Å². The number of hydrogen-bond acceptors (Lipinski definition) is 4. The predicted octanol–water partition coefficient (Wildman–Crippen LogP) is -1.16. The van der Waals surface area contributed by atoms with Crippen LogP contribution in [0.25, 0.3) is 0 Å². The van der Waals surface area contributed by atoms with Crippen LogP contribution in [0.5, 0.6) is 0 Å². The van der Waals surface area contributed by atoms with E-state index < -0.39 is 12.1 Å². The van der Waals surface area contributed by atoms with Gasteiger partial charge in [-0.3, -0.25) is 10.1 Å². The molecule has 72 valence electrons. The van der Waals surface area contributed by atoms with E-state index in [4.69, 9.17) is 14.9 Å². The first-order valence-corrected chi connectivity index (χ1v) is 3.41. The molecule has 0 bridgehead atoms. The topological polar surface area (TPSA) is 78.8 Å².